The normalized spacial score (nSPS) is 11.6. The first kappa shape index (κ1) is 24.3. The first-order chi connectivity index (χ1) is 9.88. The average molecular weight is 719 g/mol. The number of rotatable bonds is 3. The standard InChI is InChI=1S/C13H22NO2PS.3HI.V/c1-8-9(2)11(4)13(18(15,16)14-5)12(10(8)3)17(6)7;;;;/h14H,1-7H3;3*1H;/q;;;;+3/p-3. The molecule has 22 heavy (non-hydrogen) atoms. The van der Waals surface area contributed by atoms with Crippen LogP contribution in [0.5, 0.6) is 0 Å². The molecule has 0 aliphatic carbocycles. The van der Waals surface area contributed by atoms with E-state index < -0.39 is 17.9 Å². The zero-order valence-electron chi connectivity index (χ0n) is 13.8. The number of nitrogens with one attached hydrogen (secondary N) is 1. The number of halogens is 3. The van der Waals surface area contributed by atoms with Crippen LogP contribution in [0, 0.1) is 27.7 Å². The maximum absolute atomic E-state index is 12.3. The van der Waals surface area contributed by atoms with Gasteiger partial charge in [-0.05, 0) is 75.6 Å². The summed E-state index contributed by atoms with van der Waals surface area (Å²) < 4.78 is 27.0. The van der Waals surface area contributed by atoms with Crippen molar-refractivity contribution >= 4 is 83.2 Å². The topological polar surface area (TPSA) is 46.2 Å². The van der Waals surface area contributed by atoms with Crippen LogP contribution in [0.4, 0.5) is 0 Å². The Labute approximate surface area is 174 Å². The zero-order chi connectivity index (χ0) is 17.8. The first-order valence-electron chi connectivity index (χ1n) is 6.37. The molecular formula is C13H22I3NO2PSV. The van der Waals surface area contributed by atoms with Gasteiger partial charge in [0.1, 0.15) is 0 Å². The fraction of sp³-hybridized carbons (Fsp3) is 0.538. The van der Waals surface area contributed by atoms with E-state index >= 15 is 0 Å². The fourth-order valence-corrected chi connectivity index (χ4v) is 5.72. The van der Waals surface area contributed by atoms with Gasteiger partial charge in [-0.15, -0.1) is 0 Å². The molecule has 0 heterocycles. The van der Waals surface area contributed by atoms with Gasteiger partial charge in [-0.1, -0.05) is 7.92 Å². The molecule has 0 unspecified atom stereocenters. The van der Waals surface area contributed by atoms with Crippen LogP contribution in [0.1, 0.15) is 22.3 Å². The van der Waals surface area contributed by atoms with Crippen LogP contribution >= 0.6 is 67.9 Å². The second kappa shape index (κ2) is 10.5. The Hall–Kier alpha value is 2.33. The summed E-state index contributed by atoms with van der Waals surface area (Å²) in [4.78, 5) is 0.210. The molecule has 0 bridgehead atoms. The van der Waals surface area contributed by atoms with E-state index in [-0.39, 0.29) is 4.92 Å². The van der Waals surface area contributed by atoms with Crippen molar-refractivity contribution in [1.82, 2.24) is 4.72 Å². The van der Waals surface area contributed by atoms with Gasteiger partial charge in [0, 0.05) is 0 Å². The van der Waals surface area contributed by atoms with Crippen molar-refractivity contribution in [2.24, 2.45) is 0 Å². The van der Waals surface area contributed by atoms with Gasteiger partial charge in [0.05, 0.1) is 4.90 Å². The van der Waals surface area contributed by atoms with Gasteiger partial charge in [0.25, 0.3) is 0 Å². The summed E-state index contributed by atoms with van der Waals surface area (Å²) in [7, 11) is -2.40. The van der Waals surface area contributed by atoms with Crippen molar-refractivity contribution in [3.05, 3.63) is 22.3 Å². The Kier molecular flexibility index (Phi) is 11.6. The van der Waals surface area contributed by atoms with E-state index in [9.17, 15) is 8.42 Å². The molecule has 0 aliphatic heterocycles. The Morgan fingerprint density at radius 1 is 0.909 bits per heavy atom. The second-order valence-electron chi connectivity index (χ2n) is 4.97. The molecule has 0 aliphatic rings. The van der Waals surface area contributed by atoms with Gasteiger partial charge < -0.3 is 0 Å². The predicted octanol–water partition coefficient (Wildman–Crippen LogP) is 4.85. The van der Waals surface area contributed by atoms with E-state index in [0.717, 1.165) is 22.0 Å². The molecule has 0 fully saturated rings. The predicted molar refractivity (Wildman–Crippen MR) is 122 cm³/mol. The SMILES string of the molecule is CNS(=O)(=O)c1c(C)c(C)c(C)c(C)c1P(C)C.[I][V]([I])[I]. The monoisotopic (exact) mass is 719 g/mol. The third-order valence-corrected chi connectivity index (χ3v) is 6.77. The van der Waals surface area contributed by atoms with Crippen LogP contribution in [0.2, 0.25) is 0 Å². The minimum absolute atomic E-state index is 0.278. The molecule has 1 rings (SSSR count). The van der Waals surface area contributed by atoms with E-state index in [1.54, 1.807) is 0 Å². The molecule has 0 atom stereocenters. The van der Waals surface area contributed by atoms with E-state index in [1.807, 2.05) is 20.8 Å². The summed E-state index contributed by atoms with van der Waals surface area (Å²) >= 11 is 7.39. The van der Waals surface area contributed by atoms with Crippen molar-refractivity contribution in [2.75, 3.05) is 20.4 Å². The molecule has 0 radical (unpaired) electrons. The molecule has 1 aromatic carbocycles. The Bertz CT molecular complexity index is 634. The molecule has 9 heteroatoms. The van der Waals surface area contributed by atoms with Crippen LogP contribution < -0.4 is 10.0 Å². The van der Waals surface area contributed by atoms with Crippen LogP contribution in [-0.4, -0.2) is 28.8 Å². The Balaban J connectivity index is 0.000000980. The molecule has 128 valence electrons. The zero-order valence-corrected chi connectivity index (χ0v) is 23.3. The molecule has 0 aromatic heterocycles. The number of benzene rings is 1. The van der Waals surface area contributed by atoms with Gasteiger partial charge in [-0.25, -0.2) is 13.1 Å². The number of hydrogen-bond acceptors (Lipinski definition) is 2. The molecule has 0 saturated carbocycles. The molecule has 0 amide bonds. The summed E-state index contributed by atoms with van der Waals surface area (Å²) in [6.07, 6.45) is 0. The van der Waals surface area contributed by atoms with E-state index in [1.165, 1.54) is 12.6 Å². The quantitative estimate of drug-likeness (QED) is 0.359. The second-order valence-corrected chi connectivity index (χ2v) is 44.4. The van der Waals surface area contributed by atoms with Gasteiger partial charge in [0.2, 0.25) is 10.0 Å². The third-order valence-electron chi connectivity index (χ3n) is 3.58. The number of sulfonamides is 1. The van der Waals surface area contributed by atoms with Crippen LogP contribution in [0.25, 0.3) is 0 Å². The van der Waals surface area contributed by atoms with Gasteiger partial charge in [-0.2, -0.15) is 0 Å². The van der Waals surface area contributed by atoms with Crippen molar-refractivity contribution in [1.29, 1.82) is 0 Å². The van der Waals surface area contributed by atoms with Crippen LogP contribution in [-0.2, 0) is 14.9 Å². The molecule has 0 saturated heterocycles. The van der Waals surface area contributed by atoms with Gasteiger partial charge in [0.15, 0.2) is 0 Å². The van der Waals surface area contributed by atoms with Crippen molar-refractivity contribution < 1.29 is 13.3 Å². The number of hydrogen-bond donors (Lipinski definition) is 1. The van der Waals surface area contributed by atoms with E-state index in [0.29, 0.717) is 4.90 Å². The summed E-state index contributed by atoms with van der Waals surface area (Å²) in [5.74, 6) is 0. The van der Waals surface area contributed by atoms with Gasteiger partial charge in [-0.3, -0.25) is 0 Å². The Morgan fingerprint density at radius 3 is 1.59 bits per heavy atom. The summed E-state index contributed by atoms with van der Waals surface area (Å²) in [5.41, 5.74) is 4.26. The maximum atomic E-state index is 12.3. The molecule has 0 spiro atoms. The molecule has 1 N–H and O–H groups in total. The summed E-state index contributed by atoms with van der Waals surface area (Å²) in [6, 6.07) is 0. The van der Waals surface area contributed by atoms with Crippen molar-refractivity contribution in [2.45, 2.75) is 32.6 Å². The molecule has 1 aromatic rings. The van der Waals surface area contributed by atoms with Crippen molar-refractivity contribution in [3.63, 3.8) is 0 Å². The van der Waals surface area contributed by atoms with Crippen LogP contribution in [0.15, 0.2) is 4.90 Å². The van der Waals surface area contributed by atoms with Crippen LogP contribution in [0.3, 0.4) is 0 Å². The minimum atomic E-state index is -3.40. The van der Waals surface area contributed by atoms with Gasteiger partial charge >= 0.3 is 64.9 Å². The fourth-order valence-electron chi connectivity index (χ4n) is 2.23. The molecular weight excluding hydrogens is 697 g/mol. The summed E-state index contributed by atoms with van der Waals surface area (Å²) in [5, 5.41) is 1.000. The summed E-state index contributed by atoms with van der Waals surface area (Å²) in [6.45, 7) is 12.2. The van der Waals surface area contributed by atoms with E-state index in [4.69, 9.17) is 0 Å². The van der Waals surface area contributed by atoms with E-state index in [2.05, 4.69) is 84.9 Å². The Morgan fingerprint density at radius 2 is 1.27 bits per heavy atom. The third kappa shape index (κ3) is 6.57. The molecule has 3 nitrogen and oxygen atoms in total. The average Bonchev–Trinajstić information content (AvgIpc) is 2.38. The van der Waals surface area contributed by atoms with Crippen molar-refractivity contribution in [3.8, 4) is 0 Å². The first-order valence-corrected chi connectivity index (χ1v) is 23.6.